The Balaban J connectivity index is 1.72. The molecule has 7 nitrogen and oxygen atoms in total. The summed E-state index contributed by atoms with van der Waals surface area (Å²) >= 11 is 0. The molecule has 0 spiro atoms. The smallest absolute Gasteiger partial charge is 0.232 e. The Morgan fingerprint density at radius 2 is 1.62 bits per heavy atom. The van der Waals surface area contributed by atoms with Gasteiger partial charge in [0.25, 0.3) is 0 Å². The third kappa shape index (κ3) is 2.61. The first kappa shape index (κ1) is 19.7. The largest absolute Gasteiger partial charge is 0.504 e. The summed E-state index contributed by atoms with van der Waals surface area (Å²) in [6, 6.07) is 10.8. The van der Waals surface area contributed by atoms with E-state index in [1.807, 2.05) is 19.1 Å². The predicted molar refractivity (Wildman–Crippen MR) is 122 cm³/mol. The van der Waals surface area contributed by atoms with Gasteiger partial charge in [-0.15, -0.1) is 0 Å². The van der Waals surface area contributed by atoms with Gasteiger partial charge in [0.05, 0.1) is 18.3 Å². The lowest BCUT2D eigenvalue weighted by atomic mass is 9.85. The molecule has 0 bridgehead atoms. The summed E-state index contributed by atoms with van der Waals surface area (Å²) in [5, 5.41) is 23.1. The minimum Gasteiger partial charge on any atom is -0.504 e. The number of H-pyrrole nitrogens is 2. The number of ether oxygens (including phenoxy) is 1. The third-order valence-corrected chi connectivity index (χ3v) is 5.99. The SMILES string of the molecule is COc1ccc2[nH]c(C)c(C3=C(O)C(=O)C(c4c[nH]c5c(C)cccc45)=C(O)C3=O)c2c1. The number of rotatable bonds is 3. The first-order chi connectivity index (χ1) is 15.3. The molecule has 2 heterocycles. The molecule has 0 saturated heterocycles. The Bertz CT molecular complexity index is 1530. The summed E-state index contributed by atoms with van der Waals surface area (Å²) < 4.78 is 5.28. The molecule has 0 amide bonds. The fraction of sp³-hybridized carbons (Fsp3) is 0.120. The molecule has 160 valence electrons. The van der Waals surface area contributed by atoms with Crippen LogP contribution in [0.15, 0.2) is 54.1 Å². The first-order valence-electron chi connectivity index (χ1n) is 10.0. The zero-order chi connectivity index (χ0) is 22.7. The van der Waals surface area contributed by atoms with Gasteiger partial charge in [-0.05, 0) is 37.6 Å². The fourth-order valence-electron chi connectivity index (χ4n) is 4.43. The van der Waals surface area contributed by atoms with Gasteiger partial charge in [-0.2, -0.15) is 0 Å². The lowest BCUT2D eigenvalue weighted by molar-refractivity contribution is -0.116. The Hall–Kier alpha value is -4.26. The Labute approximate surface area is 182 Å². The van der Waals surface area contributed by atoms with E-state index in [9.17, 15) is 19.8 Å². The number of aromatic amines is 2. The average Bonchev–Trinajstić information content (AvgIpc) is 3.34. The van der Waals surface area contributed by atoms with Crippen molar-refractivity contribution in [2.45, 2.75) is 13.8 Å². The number of para-hydroxylation sites is 1. The van der Waals surface area contributed by atoms with Crippen molar-refractivity contribution in [1.82, 2.24) is 9.97 Å². The normalized spacial score (nSPS) is 14.8. The second kappa shape index (κ2) is 6.88. The highest BCUT2D eigenvalue weighted by atomic mass is 16.5. The van der Waals surface area contributed by atoms with Crippen LogP contribution in [0.1, 0.15) is 22.4 Å². The number of allylic oxidation sites excluding steroid dienone is 2. The van der Waals surface area contributed by atoms with Crippen LogP contribution >= 0.6 is 0 Å². The van der Waals surface area contributed by atoms with Crippen LogP contribution < -0.4 is 4.74 Å². The maximum absolute atomic E-state index is 13.3. The summed E-state index contributed by atoms with van der Waals surface area (Å²) in [6.07, 6.45) is 1.56. The predicted octanol–water partition coefficient (Wildman–Crippen LogP) is 4.66. The topological polar surface area (TPSA) is 115 Å². The molecule has 0 radical (unpaired) electrons. The lowest BCUT2D eigenvalue weighted by Crippen LogP contribution is -2.23. The van der Waals surface area contributed by atoms with Gasteiger partial charge in [0.15, 0.2) is 11.5 Å². The Morgan fingerprint density at radius 1 is 0.906 bits per heavy atom. The molecule has 2 aromatic heterocycles. The van der Waals surface area contributed by atoms with Gasteiger partial charge in [-0.3, -0.25) is 9.59 Å². The van der Waals surface area contributed by atoms with E-state index in [0.29, 0.717) is 38.9 Å². The molecular formula is C25H20N2O5. The number of benzene rings is 2. The zero-order valence-corrected chi connectivity index (χ0v) is 17.7. The Morgan fingerprint density at radius 3 is 2.38 bits per heavy atom. The summed E-state index contributed by atoms with van der Waals surface area (Å²) in [4.78, 5) is 32.8. The van der Waals surface area contributed by atoms with Gasteiger partial charge < -0.3 is 24.9 Å². The van der Waals surface area contributed by atoms with Crippen LogP contribution in [-0.2, 0) is 9.59 Å². The number of carbonyl (C=O) groups excluding carboxylic acids is 2. The van der Waals surface area contributed by atoms with Crippen LogP contribution in [0, 0.1) is 13.8 Å². The van der Waals surface area contributed by atoms with Crippen LogP contribution in [-0.4, -0.2) is 38.9 Å². The van der Waals surface area contributed by atoms with Crippen LogP contribution in [0.3, 0.4) is 0 Å². The van der Waals surface area contributed by atoms with Gasteiger partial charge in [0, 0.05) is 44.8 Å². The van der Waals surface area contributed by atoms with Crippen LogP contribution in [0.2, 0.25) is 0 Å². The first-order valence-corrected chi connectivity index (χ1v) is 10.0. The van der Waals surface area contributed by atoms with Gasteiger partial charge >= 0.3 is 0 Å². The molecule has 2 aromatic carbocycles. The van der Waals surface area contributed by atoms with Gasteiger partial charge in [0.1, 0.15) is 5.75 Å². The number of aliphatic hydroxyl groups is 2. The molecule has 0 aliphatic heterocycles. The number of aryl methyl sites for hydroxylation is 2. The molecule has 32 heavy (non-hydrogen) atoms. The number of aliphatic hydroxyl groups excluding tert-OH is 2. The number of hydrogen-bond donors (Lipinski definition) is 4. The van der Waals surface area contributed by atoms with Crippen LogP contribution in [0.25, 0.3) is 33.0 Å². The highest BCUT2D eigenvalue weighted by Crippen LogP contribution is 2.40. The maximum atomic E-state index is 13.3. The lowest BCUT2D eigenvalue weighted by Gasteiger charge is -2.18. The maximum Gasteiger partial charge on any atom is 0.232 e. The minimum atomic E-state index is -0.814. The standard InChI is InChI=1S/C25H20N2O5/c1-11-5-4-6-14-16(10-26-21(11)14)19-22(28)24(30)20(25(31)23(19)29)18-12(2)27-17-8-7-13(32-3)9-15(17)18/h4-10,26-28,31H,1-3H3. The molecular weight excluding hydrogens is 408 g/mol. The number of hydrogen-bond acceptors (Lipinski definition) is 5. The Kier molecular flexibility index (Phi) is 4.23. The molecule has 0 saturated carbocycles. The van der Waals surface area contributed by atoms with Crippen molar-refractivity contribution in [2.24, 2.45) is 0 Å². The van der Waals surface area contributed by atoms with Gasteiger partial charge in [-0.1, -0.05) is 18.2 Å². The number of ketones is 2. The van der Waals surface area contributed by atoms with E-state index >= 15 is 0 Å². The molecule has 1 aliphatic carbocycles. The van der Waals surface area contributed by atoms with Crippen molar-refractivity contribution in [3.05, 3.63) is 76.5 Å². The second-order valence-corrected chi connectivity index (χ2v) is 7.84. The van der Waals surface area contributed by atoms with Crippen molar-refractivity contribution in [1.29, 1.82) is 0 Å². The number of methoxy groups -OCH3 is 1. The van der Waals surface area contributed by atoms with E-state index in [1.54, 1.807) is 37.4 Å². The van der Waals surface area contributed by atoms with Crippen LogP contribution in [0.4, 0.5) is 0 Å². The van der Waals surface area contributed by atoms with Crippen LogP contribution in [0.5, 0.6) is 5.75 Å². The van der Waals surface area contributed by atoms with E-state index in [-0.39, 0.29) is 11.1 Å². The molecule has 5 rings (SSSR count). The number of carbonyl (C=O) groups is 2. The van der Waals surface area contributed by atoms with Crippen molar-refractivity contribution >= 4 is 44.5 Å². The van der Waals surface area contributed by atoms with Gasteiger partial charge in [0.2, 0.25) is 11.6 Å². The fourth-order valence-corrected chi connectivity index (χ4v) is 4.43. The number of Topliss-reactive ketones (excluding diaryl/α,β-unsaturated/α-hetero) is 2. The highest BCUT2D eigenvalue weighted by molar-refractivity contribution is 6.48. The summed E-state index contributed by atoms with van der Waals surface area (Å²) in [5.74, 6) is -2.46. The third-order valence-electron chi connectivity index (χ3n) is 5.99. The molecule has 4 aromatic rings. The highest BCUT2D eigenvalue weighted by Gasteiger charge is 2.38. The second-order valence-electron chi connectivity index (χ2n) is 7.84. The summed E-state index contributed by atoms with van der Waals surface area (Å²) in [6.45, 7) is 3.65. The molecule has 1 aliphatic rings. The minimum absolute atomic E-state index is 0.219. The van der Waals surface area contributed by atoms with E-state index in [0.717, 1.165) is 11.1 Å². The average molecular weight is 428 g/mol. The molecule has 7 heteroatoms. The molecule has 0 fully saturated rings. The molecule has 0 unspecified atom stereocenters. The zero-order valence-electron chi connectivity index (χ0n) is 17.7. The molecule has 0 atom stereocenters. The van der Waals surface area contributed by atoms with Crippen molar-refractivity contribution in [2.75, 3.05) is 7.11 Å². The monoisotopic (exact) mass is 428 g/mol. The quantitative estimate of drug-likeness (QED) is 0.354. The van der Waals surface area contributed by atoms with E-state index in [1.165, 1.54) is 7.11 Å². The van der Waals surface area contributed by atoms with Crippen molar-refractivity contribution < 1.29 is 24.5 Å². The van der Waals surface area contributed by atoms with E-state index in [2.05, 4.69) is 9.97 Å². The summed E-state index contributed by atoms with van der Waals surface area (Å²) in [5.41, 5.74) is 3.30. The summed E-state index contributed by atoms with van der Waals surface area (Å²) in [7, 11) is 1.52. The van der Waals surface area contributed by atoms with E-state index in [4.69, 9.17) is 4.74 Å². The van der Waals surface area contributed by atoms with Crippen molar-refractivity contribution in [3.63, 3.8) is 0 Å². The molecule has 4 N–H and O–H groups in total. The number of nitrogens with one attached hydrogen (secondary N) is 2. The van der Waals surface area contributed by atoms with Gasteiger partial charge in [-0.25, -0.2) is 0 Å². The number of aromatic nitrogens is 2. The van der Waals surface area contributed by atoms with E-state index < -0.39 is 23.1 Å². The van der Waals surface area contributed by atoms with Crippen molar-refractivity contribution in [3.8, 4) is 5.75 Å². The number of fused-ring (bicyclic) bond motifs is 2.